The largest absolute Gasteiger partial charge is 0.484 e. The van der Waals surface area contributed by atoms with Crippen molar-refractivity contribution in [1.82, 2.24) is 10.2 Å². The zero-order valence-corrected chi connectivity index (χ0v) is 16.7. The molecule has 7 heteroatoms. The van der Waals surface area contributed by atoms with Crippen molar-refractivity contribution in [2.24, 2.45) is 0 Å². The monoisotopic (exact) mass is 470 g/mol. The van der Waals surface area contributed by atoms with Gasteiger partial charge in [-0.05, 0) is 71.5 Å². The standard InChI is InChI=1S/C19H20FIN2O3/c1-13(19(25)22-2)23(11-14-3-5-15(20)6-4-14)18(24)12-26-17-9-7-16(21)8-10-17/h3-10,13H,11-12H2,1-2H3,(H,22,25)/t13-/m1/s1. The summed E-state index contributed by atoms with van der Waals surface area (Å²) in [6.07, 6.45) is 0. The van der Waals surface area contributed by atoms with E-state index in [1.807, 2.05) is 12.1 Å². The van der Waals surface area contributed by atoms with Crippen molar-refractivity contribution in [2.75, 3.05) is 13.7 Å². The van der Waals surface area contributed by atoms with Crippen molar-refractivity contribution < 1.29 is 18.7 Å². The predicted octanol–water partition coefficient (Wildman–Crippen LogP) is 2.97. The number of hydrogen-bond donors (Lipinski definition) is 1. The molecule has 0 spiro atoms. The Kier molecular flexibility index (Phi) is 7.38. The maximum absolute atomic E-state index is 13.1. The number of carbonyl (C=O) groups is 2. The number of carbonyl (C=O) groups excluding carboxylic acids is 2. The zero-order chi connectivity index (χ0) is 19.1. The van der Waals surface area contributed by atoms with Crippen molar-refractivity contribution in [3.05, 3.63) is 63.5 Å². The van der Waals surface area contributed by atoms with Crippen LogP contribution in [0.3, 0.4) is 0 Å². The first-order valence-electron chi connectivity index (χ1n) is 8.04. The molecule has 0 aromatic heterocycles. The molecule has 0 aliphatic carbocycles. The van der Waals surface area contributed by atoms with Gasteiger partial charge in [-0.15, -0.1) is 0 Å². The average Bonchev–Trinajstić information content (AvgIpc) is 2.65. The molecule has 0 fully saturated rings. The Morgan fingerprint density at radius 3 is 2.35 bits per heavy atom. The molecule has 2 aromatic rings. The second kappa shape index (κ2) is 9.51. The number of nitrogens with zero attached hydrogens (tertiary/aromatic N) is 1. The fourth-order valence-corrected chi connectivity index (χ4v) is 2.70. The van der Waals surface area contributed by atoms with Crippen LogP contribution in [0.15, 0.2) is 48.5 Å². The van der Waals surface area contributed by atoms with Crippen LogP contribution >= 0.6 is 22.6 Å². The summed E-state index contributed by atoms with van der Waals surface area (Å²) >= 11 is 2.18. The van der Waals surface area contributed by atoms with E-state index in [9.17, 15) is 14.0 Å². The van der Waals surface area contributed by atoms with Crippen LogP contribution in [0, 0.1) is 9.39 Å². The first-order valence-corrected chi connectivity index (χ1v) is 9.12. The van der Waals surface area contributed by atoms with Crippen LogP contribution in [0.2, 0.25) is 0 Å². The lowest BCUT2D eigenvalue weighted by Crippen LogP contribution is -2.48. The summed E-state index contributed by atoms with van der Waals surface area (Å²) < 4.78 is 19.7. The van der Waals surface area contributed by atoms with E-state index in [0.29, 0.717) is 5.75 Å². The molecule has 26 heavy (non-hydrogen) atoms. The van der Waals surface area contributed by atoms with Crippen LogP contribution in [0.1, 0.15) is 12.5 Å². The summed E-state index contributed by atoms with van der Waals surface area (Å²) in [5, 5.41) is 2.54. The van der Waals surface area contributed by atoms with Gasteiger partial charge in [0.15, 0.2) is 6.61 Å². The molecule has 1 N–H and O–H groups in total. The van der Waals surface area contributed by atoms with E-state index < -0.39 is 6.04 Å². The van der Waals surface area contributed by atoms with E-state index >= 15 is 0 Å². The lowest BCUT2D eigenvalue weighted by molar-refractivity contribution is -0.142. The number of nitrogens with one attached hydrogen (secondary N) is 1. The third-order valence-corrected chi connectivity index (χ3v) is 4.57. The van der Waals surface area contributed by atoms with E-state index in [-0.39, 0.29) is 30.8 Å². The Balaban J connectivity index is 2.10. The van der Waals surface area contributed by atoms with E-state index in [1.165, 1.54) is 24.1 Å². The molecule has 0 aliphatic rings. The third kappa shape index (κ3) is 5.69. The molecule has 0 heterocycles. The highest BCUT2D eigenvalue weighted by molar-refractivity contribution is 14.1. The highest BCUT2D eigenvalue weighted by atomic mass is 127. The quantitative estimate of drug-likeness (QED) is 0.634. The smallest absolute Gasteiger partial charge is 0.261 e. The Bertz CT molecular complexity index is 750. The topological polar surface area (TPSA) is 58.6 Å². The van der Waals surface area contributed by atoms with Gasteiger partial charge in [0.25, 0.3) is 5.91 Å². The van der Waals surface area contributed by atoms with Crippen molar-refractivity contribution in [3.63, 3.8) is 0 Å². The SMILES string of the molecule is CNC(=O)[C@@H](C)N(Cc1ccc(F)cc1)C(=O)COc1ccc(I)cc1. The van der Waals surface area contributed by atoms with Gasteiger partial charge < -0.3 is 15.0 Å². The van der Waals surface area contributed by atoms with Gasteiger partial charge in [-0.25, -0.2) is 4.39 Å². The fraction of sp³-hybridized carbons (Fsp3) is 0.263. The molecule has 138 valence electrons. The van der Waals surface area contributed by atoms with Crippen molar-refractivity contribution >= 4 is 34.4 Å². The fourth-order valence-electron chi connectivity index (χ4n) is 2.34. The minimum absolute atomic E-state index is 0.184. The number of halogens is 2. The maximum atomic E-state index is 13.1. The molecule has 1 atom stereocenters. The molecule has 5 nitrogen and oxygen atoms in total. The average molecular weight is 470 g/mol. The molecule has 2 rings (SSSR count). The van der Waals surface area contributed by atoms with Crippen LogP contribution in [-0.4, -0.2) is 36.4 Å². The normalized spacial score (nSPS) is 11.5. The second-order valence-electron chi connectivity index (χ2n) is 5.68. The maximum Gasteiger partial charge on any atom is 0.261 e. The Hall–Kier alpha value is -2.16. The van der Waals surface area contributed by atoms with Crippen LogP contribution in [0.4, 0.5) is 4.39 Å². The van der Waals surface area contributed by atoms with Gasteiger partial charge in [-0.1, -0.05) is 12.1 Å². The summed E-state index contributed by atoms with van der Waals surface area (Å²) in [5.41, 5.74) is 0.727. The van der Waals surface area contributed by atoms with E-state index in [2.05, 4.69) is 27.9 Å². The van der Waals surface area contributed by atoms with Crippen molar-refractivity contribution in [1.29, 1.82) is 0 Å². The first-order chi connectivity index (χ1) is 12.4. The molecule has 0 radical (unpaired) electrons. The van der Waals surface area contributed by atoms with Gasteiger partial charge in [0, 0.05) is 17.2 Å². The van der Waals surface area contributed by atoms with Gasteiger partial charge in [0.05, 0.1) is 0 Å². The number of benzene rings is 2. The molecule has 0 bridgehead atoms. The van der Waals surface area contributed by atoms with Gasteiger partial charge in [-0.2, -0.15) is 0 Å². The van der Waals surface area contributed by atoms with E-state index in [1.54, 1.807) is 31.2 Å². The van der Waals surface area contributed by atoms with E-state index in [4.69, 9.17) is 4.74 Å². The third-order valence-electron chi connectivity index (χ3n) is 3.86. The lowest BCUT2D eigenvalue weighted by Gasteiger charge is -2.28. The molecular weight excluding hydrogens is 450 g/mol. The van der Waals surface area contributed by atoms with Gasteiger partial charge in [0.2, 0.25) is 5.91 Å². The molecule has 0 saturated heterocycles. The van der Waals surface area contributed by atoms with E-state index in [0.717, 1.165) is 9.13 Å². The number of ether oxygens (including phenoxy) is 1. The molecule has 0 aliphatic heterocycles. The number of hydrogen-bond acceptors (Lipinski definition) is 3. The predicted molar refractivity (Wildman–Crippen MR) is 105 cm³/mol. The first kappa shape index (κ1) is 20.2. The van der Waals surface area contributed by atoms with Crippen molar-refractivity contribution in [3.8, 4) is 5.75 Å². The summed E-state index contributed by atoms with van der Waals surface area (Å²) in [5.74, 6) is -0.389. The van der Waals surface area contributed by atoms with Gasteiger partial charge in [-0.3, -0.25) is 9.59 Å². The Labute approximate surface area is 165 Å². The number of amides is 2. The Morgan fingerprint density at radius 2 is 1.77 bits per heavy atom. The van der Waals surface area contributed by atoms with Gasteiger partial charge in [0.1, 0.15) is 17.6 Å². The second-order valence-corrected chi connectivity index (χ2v) is 6.93. The highest BCUT2D eigenvalue weighted by Gasteiger charge is 2.25. The summed E-state index contributed by atoms with van der Waals surface area (Å²) in [4.78, 5) is 26.1. The molecule has 2 amide bonds. The van der Waals surface area contributed by atoms with Crippen LogP contribution in [0.5, 0.6) is 5.75 Å². The molecule has 2 aromatic carbocycles. The summed E-state index contributed by atoms with van der Waals surface area (Å²) in [6.45, 7) is 1.64. The van der Waals surface area contributed by atoms with Crippen LogP contribution in [-0.2, 0) is 16.1 Å². The molecule has 0 unspecified atom stereocenters. The van der Waals surface area contributed by atoms with Crippen LogP contribution in [0.25, 0.3) is 0 Å². The minimum atomic E-state index is -0.683. The van der Waals surface area contributed by atoms with Crippen molar-refractivity contribution in [2.45, 2.75) is 19.5 Å². The molecular formula is C19H20FIN2O3. The summed E-state index contributed by atoms with van der Waals surface area (Å²) in [7, 11) is 1.52. The lowest BCUT2D eigenvalue weighted by atomic mass is 10.1. The zero-order valence-electron chi connectivity index (χ0n) is 14.5. The Morgan fingerprint density at radius 1 is 1.15 bits per heavy atom. The number of likely N-dealkylation sites (N-methyl/N-ethyl adjacent to an activating group) is 1. The number of rotatable bonds is 7. The minimum Gasteiger partial charge on any atom is -0.484 e. The highest BCUT2D eigenvalue weighted by Crippen LogP contribution is 2.15. The summed E-state index contributed by atoms with van der Waals surface area (Å²) in [6, 6.07) is 12.5. The van der Waals surface area contributed by atoms with Gasteiger partial charge >= 0.3 is 0 Å². The molecule has 0 saturated carbocycles. The van der Waals surface area contributed by atoms with Crippen LogP contribution < -0.4 is 10.1 Å².